The summed E-state index contributed by atoms with van der Waals surface area (Å²) in [5.74, 6) is 1.18. The molecule has 2 heteroatoms. The molecule has 1 saturated carbocycles. The molecule has 3 atom stereocenters. The number of phenols is 1. The first-order valence-electron chi connectivity index (χ1n) is 9.55. The first-order valence-corrected chi connectivity index (χ1v) is 9.55. The number of piperidine rings is 1. The summed E-state index contributed by atoms with van der Waals surface area (Å²) in [5, 5.41) is 10.1. The lowest BCUT2D eigenvalue weighted by atomic mass is 9.51. The summed E-state index contributed by atoms with van der Waals surface area (Å²) in [6.07, 6.45) is 12.0. The van der Waals surface area contributed by atoms with Gasteiger partial charge in [0.05, 0.1) is 25.7 Å². The van der Waals surface area contributed by atoms with E-state index >= 15 is 0 Å². The molecule has 24 heavy (non-hydrogen) atoms. The van der Waals surface area contributed by atoms with Crippen LogP contribution in [0.25, 0.3) is 0 Å². The third-order valence-electron chi connectivity index (χ3n) is 7.31. The summed E-state index contributed by atoms with van der Waals surface area (Å²) in [6, 6.07) is 6.83. The molecule has 0 aromatic heterocycles. The Morgan fingerprint density at radius 3 is 2.71 bits per heavy atom. The molecule has 1 saturated heterocycles. The van der Waals surface area contributed by atoms with Crippen molar-refractivity contribution in [2.75, 3.05) is 19.6 Å². The zero-order valence-corrected chi connectivity index (χ0v) is 14.7. The van der Waals surface area contributed by atoms with E-state index in [9.17, 15) is 5.11 Å². The van der Waals surface area contributed by atoms with E-state index in [1.807, 2.05) is 6.07 Å². The van der Waals surface area contributed by atoms with Gasteiger partial charge in [-0.25, -0.2) is 0 Å². The molecule has 1 heterocycles. The third kappa shape index (κ3) is 2.12. The molecule has 1 aromatic rings. The van der Waals surface area contributed by atoms with E-state index in [0.29, 0.717) is 17.2 Å². The molecule has 2 bridgehead atoms. The van der Waals surface area contributed by atoms with Gasteiger partial charge in [-0.3, -0.25) is 0 Å². The first-order chi connectivity index (χ1) is 11.6. The Balaban J connectivity index is 1.86. The van der Waals surface area contributed by atoms with Crippen LogP contribution in [-0.4, -0.2) is 35.3 Å². The molecule has 2 aliphatic carbocycles. The van der Waals surface area contributed by atoms with E-state index in [4.69, 9.17) is 0 Å². The van der Waals surface area contributed by atoms with Crippen LogP contribution in [0.15, 0.2) is 43.5 Å². The summed E-state index contributed by atoms with van der Waals surface area (Å²) >= 11 is 0. The van der Waals surface area contributed by atoms with E-state index in [2.05, 4.69) is 37.4 Å². The van der Waals surface area contributed by atoms with Crippen LogP contribution in [0, 0.1) is 5.92 Å². The van der Waals surface area contributed by atoms with E-state index in [1.165, 1.54) is 49.8 Å². The lowest BCUT2D eigenvalue weighted by molar-refractivity contribution is -0.952. The molecule has 4 rings (SSSR count). The SMILES string of the molecule is C=CC[N+]1(CC=C)CCC23CCCC[C@H]2[C@@H]1Cc1ccc(O)cc13. The number of rotatable bonds is 4. The quantitative estimate of drug-likeness (QED) is 0.645. The monoisotopic (exact) mass is 324 g/mol. The van der Waals surface area contributed by atoms with Gasteiger partial charge in [-0.15, -0.1) is 0 Å². The van der Waals surface area contributed by atoms with Gasteiger partial charge in [-0.1, -0.05) is 32.1 Å². The molecule has 2 fully saturated rings. The number of nitrogens with zero attached hydrogens (tertiary/aromatic N) is 1. The maximum atomic E-state index is 10.1. The minimum atomic E-state index is 0.305. The van der Waals surface area contributed by atoms with Crippen molar-refractivity contribution in [1.29, 1.82) is 0 Å². The first kappa shape index (κ1) is 16.0. The lowest BCUT2D eigenvalue weighted by Gasteiger charge is -2.62. The van der Waals surface area contributed by atoms with Gasteiger partial charge in [0.1, 0.15) is 5.75 Å². The smallest absolute Gasteiger partial charge is 0.115 e. The number of hydrogen-bond donors (Lipinski definition) is 1. The maximum Gasteiger partial charge on any atom is 0.115 e. The Hall–Kier alpha value is -1.54. The molecule has 3 aliphatic rings. The Kier molecular flexibility index (Phi) is 3.84. The largest absolute Gasteiger partial charge is 0.508 e. The number of phenolic OH excluding ortho intramolecular Hbond substituents is 1. The fraction of sp³-hybridized carbons (Fsp3) is 0.545. The molecule has 1 aliphatic heterocycles. The number of benzene rings is 1. The Bertz CT molecular complexity index is 654. The fourth-order valence-electron chi connectivity index (χ4n) is 6.39. The molecule has 1 N–H and O–H groups in total. The number of likely N-dealkylation sites (tertiary alicyclic amines) is 1. The topological polar surface area (TPSA) is 20.2 Å². The number of hydrogen-bond acceptors (Lipinski definition) is 1. The van der Waals surface area contributed by atoms with Gasteiger partial charge in [0.15, 0.2) is 0 Å². The summed E-state index contributed by atoms with van der Waals surface area (Å²) in [7, 11) is 0. The minimum Gasteiger partial charge on any atom is -0.508 e. The highest BCUT2D eigenvalue weighted by Crippen LogP contribution is 2.57. The molecule has 1 aromatic carbocycles. The molecule has 0 radical (unpaired) electrons. The standard InChI is InChI=1S/C22H29NO/c1-3-12-23(13-4-2)14-11-22-10-6-5-7-19(22)21(23)15-17-8-9-18(24)16-20(17)22/h3-4,8-9,16,19,21H,1-2,5-7,10-15H2/p+1/t19-,21-,22?/m0/s1. The second-order valence-electron chi connectivity index (χ2n) is 8.26. The average molecular weight is 324 g/mol. The van der Waals surface area contributed by atoms with Crippen LogP contribution in [0.4, 0.5) is 0 Å². The predicted octanol–water partition coefficient (Wildman–Crippen LogP) is 4.34. The molecule has 1 unspecified atom stereocenters. The summed E-state index contributed by atoms with van der Waals surface area (Å²) in [5.41, 5.74) is 3.25. The van der Waals surface area contributed by atoms with Crippen molar-refractivity contribution >= 4 is 0 Å². The average Bonchev–Trinajstić information content (AvgIpc) is 2.59. The van der Waals surface area contributed by atoms with E-state index in [1.54, 1.807) is 0 Å². The van der Waals surface area contributed by atoms with Crippen LogP contribution in [0.1, 0.15) is 43.2 Å². The fourth-order valence-corrected chi connectivity index (χ4v) is 6.39. The highest BCUT2D eigenvalue weighted by atomic mass is 16.3. The summed E-state index contributed by atoms with van der Waals surface area (Å²) in [4.78, 5) is 0. The molecular formula is C22H30NO+. The molecular weight excluding hydrogens is 294 g/mol. The van der Waals surface area contributed by atoms with Crippen molar-refractivity contribution in [3.05, 3.63) is 54.6 Å². The van der Waals surface area contributed by atoms with Gasteiger partial charge < -0.3 is 9.59 Å². The minimum absolute atomic E-state index is 0.305. The maximum absolute atomic E-state index is 10.1. The highest BCUT2D eigenvalue weighted by molar-refractivity contribution is 5.44. The van der Waals surface area contributed by atoms with Gasteiger partial charge in [0.25, 0.3) is 0 Å². The zero-order chi connectivity index (χ0) is 16.8. The van der Waals surface area contributed by atoms with Crippen LogP contribution < -0.4 is 0 Å². The summed E-state index contributed by atoms with van der Waals surface area (Å²) in [6.45, 7) is 11.4. The van der Waals surface area contributed by atoms with Crippen molar-refractivity contribution < 1.29 is 9.59 Å². The van der Waals surface area contributed by atoms with Crippen molar-refractivity contribution in [2.45, 2.75) is 50.0 Å². The van der Waals surface area contributed by atoms with Gasteiger partial charge in [-0.2, -0.15) is 0 Å². The van der Waals surface area contributed by atoms with Gasteiger partial charge in [0, 0.05) is 24.2 Å². The Morgan fingerprint density at radius 2 is 1.96 bits per heavy atom. The zero-order valence-electron chi connectivity index (χ0n) is 14.7. The van der Waals surface area contributed by atoms with Crippen molar-refractivity contribution in [3.8, 4) is 5.75 Å². The Labute approximate surface area is 146 Å². The molecule has 128 valence electrons. The van der Waals surface area contributed by atoms with E-state index in [-0.39, 0.29) is 0 Å². The van der Waals surface area contributed by atoms with Crippen molar-refractivity contribution in [1.82, 2.24) is 0 Å². The predicted molar refractivity (Wildman–Crippen MR) is 99.1 cm³/mol. The van der Waals surface area contributed by atoms with Gasteiger partial charge >= 0.3 is 0 Å². The second kappa shape index (κ2) is 5.77. The van der Waals surface area contributed by atoms with Crippen molar-refractivity contribution in [2.24, 2.45) is 5.92 Å². The van der Waals surface area contributed by atoms with E-state index in [0.717, 1.165) is 29.9 Å². The summed E-state index contributed by atoms with van der Waals surface area (Å²) < 4.78 is 1.14. The van der Waals surface area contributed by atoms with Crippen LogP contribution >= 0.6 is 0 Å². The van der Waals surface area contributed by atoms with E-state index < -0.39 is 0 Å². The third-order valence-corrected chi connectivity index (χ3v) is 7.31. The van der Waals surface area contributed by atoms with Crippen LogP contribution in [0.2, 0.25) is 0 Å². The van der Waals surface area contributed by atoms with Crippen LogP contribution in [0.3, 0.4) is 0 Å². The normalized spacial score (nSPS) is 33.2. The van der Waals surface area contributed by atoms with Crippen LogP contribution in [0.5, 0.6) is 5.75 Å². The number of aromatic hydroxyl groups is 1. The number of quaternary nitrogens is 1. The Morgan fingerprint density at radius 1 is 1.17 bits per heavy atom. The molecule has 0 amide bonds. The highest BCUT2D eigenvalue weighted by Gasteiger charge is 2.59. The second-order valence-corrected chi connectivity index (χ2v) is 8.26. The molecule has 0 spiro atoms. The number of fused-ring (bicyclic) bond motifs is 1. The van der Waals surface area contributed by atoms with Gasteiger partial charge in [0.2, 0.25) is 0 Å². The van der Waals surface area contributed by atoms with Gasteiger partial charge in [-0.05, 0) is 48.3 Å². The molecule has 2 nitrogen and oxygen atoms in total. The van der Waals surface area contributed by atoms with Crippen LogP contribution in [-0.2, 0) is 11.8 Å². The lowest BCUT2D eigenvalue weighted by Crippen LogP contribution is -2.70. The van der Waals surface area contributed by atoms with Crippen molar-refractivity contribution in [3.63, 3.8) is 0 Å².